The van der Waals surface area contributed by atoms with Crippen molar-refractivity contribution in [3.8, 4) is 17.9 Å². The molecule has 7 heteroatoms. The van der Waals surface area contributed by atoms with Crippen molar-refractivity contribution in [3.05, 3.63) is 46.8 Å². The molecule has 0 radical (unpaired) electrons. The number of likely N-dealkylation sites (N-methyl/N-ethyl adjacent to an activating group) is 1. The summed E-state index contributed by atoms with van der Waals surface area (Å²) in [6.07, 6.45) is 1.75. The minimum atomic E-state index is -1.70. The molecule has 0 saturated carbocycles. The first-order valence-electron chi connectivity index (χ1n) is 7.50. The van der Waals surface area contributed by atoms with Crippen LogP contribution in [0.4, 0.5) is 0 Å². The Balaban J connectivity index is 2.63. The molecule has 2 rings (SSSR count). The molecule has 7 nitrogen and oxygen atoms in total. The van der Waals surface area contributed by atoms with Crippen LogP contribution >= 0.6 is 0 Å². The van der Waals surface area contributed by atoms with Crippen molar-refractivity contribution in [2.45, 2.75) is 12.8 Å². The van der Waals surface area contributed by atoms with Crippen LogP contribution in [0.1, 0.15) is 12.5 Å². The summed E-state index contributed by atoms with van der Waals surface area (Å²) in [5.41, 5.74) is 1.52. The van der Waals surface area contributed by atoms with Crippen LogP contribution in [0.15, 0.2) is 46.2 Å². The van der Waals surface area contributed by atoms with Crippen LogP contribution in [0.5, 0.6) is 5.75 Å². The maximum Gasteiger partial charge on any atom is 0.225 e. The van der Waals surface area contributed by atoms with Gasteiger partial charge >= 0.3 is 0 Å². The lowest BCUT2D eigenvalue weighted by molar-refractivity contribution is -0.0625. The number of nitriles is 2. The summed E-state index contributed by atoms with van der Waals surface area (Å²) in [5.74, 6) is -0.980. The molecule has 0 amide bonds. The second-order valence-electron chi connectivity index (χ2n) is 5.67. The van der Waals surface area contributed by atoms with Gasteiger partial charge in [-0.05, 0) is 44.8 Å². The maximum absolute atomic E-state index is 11.2. The van der Waals surface area contributed by atoms with E-state index in [1.165, 1.54) is 4.90 Å². The Morgan fingerprint density at radius 2 is 1.88 bits per heavy atom. The molecule has 1 heterocycles. The number of allylic oxidation sites excluding steroid dienone is 2. The summed E-state index contributed by atoms with van der Waals surface area (Å²) in [4.78, 5) is 5.72. The fourth-order valence-electron chi connectivity index (χ4n) is 2.42. The lowest BCUT2D eigenvalue weighted by atomic mass is 10.0. The predicted molar refractivity (Wildman–Crippen MR) is 94.1 cm³/mol. The number of nitrogens with one attached hydrogen (secondary N) is 1. The van der Waals surface area contributed by atoms with E-state index in [0.717, 1.165) is 11.3 Å². The fourth-order valence-corrected chi connectivity index (χ4v) is 2.42. The van der Waals surface area contributed by atoms with Crippen LogP contribution in [0.25, 0.3) is 6.08 Å². The van der Waals surface area contributed by atoms with Gasteiger partial charge in [0, 0.05) is 11.3 Å². The van der Waals surface area contributed by atoms with E-state index in [9.17, 15) is 15.6 Å². The first kappa shape index (κ1) is 18.2. The SMILES string of the molecule is COc1ccc(/C=C2\C(C)=NC(C#N)=C(C#N)NC2(O)N(C)C)cc1. The zero-order chi connectivity index (χ0) is 18.6. The van der Waals surface area contributed by atoms with E-state index in [1.54, 1.807) is 46.3 Å². The Morgan fingerprint density at radius 1 is 1.24 bits per heavy atom. The van der Waals surface area contributed by atoms with Gasteiger partial charge in [-0.15, -0.1) is 0 Å². The summed E-state index contributed by atoms with van der Waals surface area (Å²) in [5, 5.41) is 32.5. The highest BCUT2D eigenvalue weighted by atomic mass is 16.5. The normalized spacial score (nSPS) is 21.9. The Labute approximate surface area is 146 Å². The van der Waals surface area contributed by atoms with Crippen LogP contribution < -0.4 is 10.1 Å². The molecule has 2 N–H and O–H groups in total. The van der Waals surface area contributed by atoms with E-state index in [2.05, 4.69) is 10.3 Å². The smallest absolute Gasteiger partial charge is 0.225 e. The number of ether oxygens (including phenoxy) is 1. The Morgan fingerprint density at radius 3 is 2.36 bits per heavy atom. The summed E-state index contributed by atoms with van der Waals surface area (Å²) in [6.45, 7) is 1.68. The number of aliphatic imine (C=N–C) groups is 1. The van der Waals surface area contributed by atoms with Gasteiger partial charge in [0.15, 0.2) is 11.4 Å². The lowest BCUT2D eigenvalue weighted by Gasteiger charge is -2.36. The average Bonchev–Trinajstić information content (AvgIpc) is 2.72. The second-order valence-corrected chi connectivity index (χ2v) is 5.67. The third kappa shape index (κ3) is 3.53. The van der Waals surface area contributed by atoms with Crippen molar-refractivity contribution >= 4 is 11.8 Å². The van der Waals surface area contributed by atoms with Crippen LogP contribution in [0, 0.1) is 22.7 Å². The highest BCUT2D eigenvalue weighted by Gasteiger charge is 2.39. The fraction of sp³-hybridized carbons (Fsp3) is 0.278. The zero-order valence-corrected chi connectivity index (χ0v) is 14.5. The number of hydrogen-bond donors (Lipinski definition) is 2. The van der Waals surface area contributed by atoms with Crippen molar-refractivity contribution < 1.29 is 9.84 Å². The molecule has 0 bridgehead atoms. The van der Waals surface area contributed by atoms with E-state index in [4.69, 9.17) is 4.74 Å². The van der Waals surface area contributed by atoms with Crippen LogP contribution in [-0.4, -0.2) is 42.8 Å². The largest absolute Gasteiger partial charge is 0.497 e. The molecule has 1 aliphatic heterocycles. The summed E-state index contributed by atoms with van der Waals surface area (Å²) < 4.78 is 5.14. The Kier molecular flexibility index (Phi) is 5.23. The molecule has 128 valence electrons. The molecule has 1 aliphatic rings. The number of hydrogen-bond acceptors (Lipinski definition) is 7. The number of rotatable bonds is 3. The van der Waals surface area contributed by atoms with Gasteiger partial charge in [-0.25, -0.2) is 4.99 Å². The Hall–Kier alpha value is -3.13. The van der Waals surface area contributed by atoms with Gasteiger partial charge in [-0.3, -0.25) is 4.90 Å². The molecule has 1 unspecified atom stereocenters. The van der Waals surface area contributed by atoms with Gasteiger partial charge in [0.2, 0.25) is 5.85 Å². The highest BCUT2D eigenvalue weighted by molar-refractivity contribution is 6.04. The molecule has 1 aromatic carbocycles. The predicted octanol–water partition coefficient (Wildman–Crippen LogP) is 1.61. The van der Waals surface area contributed by atoms with Gasteiger partial charge in [0.25, 0.3) is 0 Å². The van der Waals surface area contributed by atoms with E-state index in [-0.39, 0.29) is 11.4 Å². The second kappa shape index (κ2) is 7.18. The minimum absolute atomic E-state index is 0.0709. The summed E-state index contributed by atoms with van der Waals surface area (Å²) >= 11 is 0. The van der Waals surface area contributed by atoms with Crippen LogP contribution in [0.3, 0.4) is 0 Å². The van der Waals surface area contributed by atoms with Gasteiger partial charge < -0.3 is 15.2 Å². The Bertz CT molecular complexity index is 838. The van der Waals surface area contributed by atoms with Crippen molar-refractivity contribution in [2.75, 3.05) is 21.2 Å². The number of nitrogens with zero attached hydrogens (tertiary/aromatic N) is 4. The molecule has 0 aliphatic carbocycles. The number of methoxy groups -OCH3 is 1. The lowest BCUT2D eigenvalue weighted by Crippen LogP contribution is -2.57. The van der Waals surface area contributed by atoms with Gasteiger partial charge in [-0.1, -0.05) is 12.1 Å². The topological polar surface area (TPSA) is 105 Å². The average molecular weight is 337 g/mol. The summed E-state index contributed by atoms with van der Waals surface area (Å²) in [7, 11) is 4.91. The van der Waals surface area contributed by atoms with Crippen molar-refractivity contribution in [1.29, 1.82) is 10.5 Å². The standard InChI is InChI=1S/C18H19N5O2/c1-12-15(9-13-5-7-14(25-4)8-6-13)18(24,23(2)3)22-17(11-20)16(10-19)21-12/h5-9,22,24H,1-4H3/b15-9+. The molecule has 1 aromatic rings. The van der Waals surface area contributed by atoms with E-state index >= 15 is 0 Å². The highest BCUT2D eigenvalue weighted by Crippen LogP contribution is 2.27. The summed E-state index contributed by atoms with van der Waals surface area (Å²) in [6, 6.07) is 11.0. The minimum Gasteiger partial charge on any atom is -0.497 e. The molecule has 1 atom stereocenters. The van der Waals surface area contributed by atoms with Crippen molar-refractivity contribution in [1.82, 2.24) is 10.2 Å². The van der Waals surface area contributed by atoms with E-state index in [0.29, 0.717) is 11.3 Å². The zero-order valence-electron chi connectivity index (χ0n) is 14.5. The van der Waals surface area contributed by atoms with Crippen LogP contribution in [0.2, 0.25) is 0 Å². The molecular formula is C18H19N5O2. The molecule has 25 heavy (non-hydrogen) atoms. The number of aliphatic hydroxyl groups is 1. The first-order valence-corrected chi connectivity index (χ1v) is 7.50. The monoisotopic (exact) mass is 337 g/mol. The van der Waals surface area contributed by atoms with Crippen molar-refractivity contribution in [2.24, 2.45) is 4.99 Å². The van der Waals surface area contributed by atoms with Gasteiger partial charge in [0.05, 0.1) is 7.11 Å². The van der Waals surface area contributed by atoms with Gasteiger partial charge in [0.1, 0.15) is 17.9 Å². The quantitative estimate of drug-likeness (QED) is 0.812. The van der Waals surface area contributed by atoms with Gasteiger partial charge in [-0.2, -0.15) is 10.5 Å². The van der Waals surface area contributed by atoms with Crippen molar-refractivity contribution in [3.63, 3.8) is 0 Å². The molecule has 0 saturated heterocycles. The molecule has 0 spiro atoms. The maximum atomic E-state index is 11.2. The third-order valence-corrected chi connectivity index (χ3v) is 3.87. The third-order valence-electron chi connectivity index (χ3n) is 3.87. The van der Waals surface area contributed by atoms with Crippen LogP contribution in [-0.2, 0) is 0 Å². The van der Waals surface area contributed by atoms with E-state index < -0.39 is 5.85 Å². The molecule has 0 fully saturated rings. The number of benzene rings is 1. The van der Waals surface area contributed by atoms with E-state index in [1.807, 2.05) is 24.3 Å². The molecule has 0 aromatic heterocycles. The first-order chi connectivity index (χ1) is 11.8. The molecular weight excluding hydrogens is 318 g/mol.